The first-order valence-electron chi connectivity index (χ1n) is 7.03. The first kappa shape index (κ1) is 21.3. The summed E-state index contributed by atoms with van der Waals surface area (Å²) in [6.07, 6.45) is 0. The van der Waals surface area contributed by atoms with E-state index in [0.29, 0.717) is 15.0 Å². The molecule has 0 bridgehead atoms. The van der Waals surface area contributed by atoms with E-state index >= 15 is 0 Å². The van der Waals surface area contributed by atoms with E-state index in [1.54, 1.807) is 3.09 Å². The Hall–Kier alpha value is -0.971. The summed E-state index contributed by atoms with van der Waals surface area (Å²) in [6, 6.07) is 10.6. The molecule has 0 fully saturated rings. The van der Waals surface area contributed by atoms with E-state index in [9.17, 15) is 13.2 Å². The number of alkyl halides is 3. The number of nitrogens with zero attached hydrogens (tertiary/aromatic N) is 1. The average Bonchev–Trinajstić information content (AvgIpc) is 3.07. The van der Waals surface area contributed by atoms with Crippen molar-refractivity contribution in [3.63, 3.8) is 0 Å². The molecule has 0 aliphatic rings. The molecule has 11 heteroatoms. The molecular formula is C15H14F3NO3S3Se. The van der Waals surface area contributed by atoms with Gasteiger partial charge < -0.3 is 4.55 Å². The third-order valence-electron chi connectivity index (χ3n) is 3.37. The maximum Gasteiger partial charge on any atom is 0.485 e. The Labute approximate surface area is 163 Å². The predicted octanol–water partition coefficient (Wildman–Crippen LogP) is 4.08. The van der Waals surface area contributed by atoms with Crippen LogP contribution in [-0.2, 0) is 10.1 Å². The standard InChI is InChI=1S/C14H14NS2Se.CHF3O3S/c1-9-12-13(17-14(16-12)18-3)10(2)15(9)11-7-5-4-6-8-11;2-1(3,4)8(5,6)7/h4-8H,1-3H3;(H,5,6,7)/q+1;/p-1. The van der Waals surface area contributed by atoms with E-state index < -0.39 is 15.6 Å². The Balaban J connectivity index is 0.000000260. The maximum absolute atomic E-state index is 10.7. The van der Waals surface area contributed by atoms with Gasteiger partial charge >= 0.3 is 127 Å². The Bertz CT molecular complexity index is 974. The fourth-order valence-electron chi connectivity index (χ4n) is 2.26. The molecule has 3 rings (SSSR count). The number of hydrogen-bond donors (Lipinski definition) is 0. The van der Waals surface area contributed by atoms with Gasteiger partial charge in [0.25, 0.3) is 0 Å². The zero-order chi connectivity index (χ0) is 19.7. The van der Waals surface area contributed by atoms with Gasteiger partial charge in [0.2, 0.25) is 0 Å². The SMILES string of the molecule is C[Se]c1sc2c(C)n(-c3ccccc3)c(C)c2[s+]1.O=S(=O)([O-])C(F)(F)F. The van der Waals surface area contributed by atoms with Gasteiger partial charge in [-0.05, 0) is 0 Å². The average molecular weight is 488 g/mol. The van der Waals surface area contributed by atoms with Crippen LogP contribution in [0.4, 0.5) is 13.2 Å². The van der Waals surface area contributed by atoms with Crippen LogP contribution in [0.15, 0.2) is 30.3 Å². The molecule has 2 aromatic heterocycles. The van der Waals surface area contributed by atoms with E-state index in [0.717, 1.165) is 0 Å². The second kappa shape index (κ2) is 7.95. The minimum atomic E-state index is -6.09. The molecule has 26 heavy (non-hydrogen) atoms. The maximum atomic E-state index is 10.7. The van der Waals surface area contributed by atoms with Gasteiger partial charge in [0.1, 0.15) is 0 Å². The van der Waals surface area contributed by atoms with Crippen molar-refractivity contribution < 1.29 is 26.1 Å². The number of benzene rings is 1. The number of aryl methyl sites for hydroxylation is 2. The number of hydrogen-bond acceptors (Lipinski definition) is 4. The third-order valence-corrected chi connectivity index (χ3v) is 9.79. The van der Waals surface area contributed by atoms with Gasteiger partial charge in [0, 0.05) is 0 Å². The molecule has 0 aliphatic carbocycles. The molecule has 4 nitrogen and oxygen atoms in total. The molecule has 1 aromatic carbocycles. The zero-order valence-corrected chi connectivity index (χ0v) is 18.0. The Morgan fingerprint density at radius 2 is 1.69 bits per heavy atom. The summed E-state index contributed by atoms with van der Waals surface area (Å²) in [5, 5.41) is 0. The smallest absolute Gasteiger partial charge is 0.485 e. The number of aromatic nitrogens is 1. The summed E-state index contributed by atoms with van der Waals surface area (Å²) in [4.78, 5) is 0. The summed E-state index contributed by atoms with van der Waals surface area (Å²) in [5.41, 5.74) is -1.62. The van der Waals surface area contributed by atoms with Gasteiger partial charge in [-0.2, -0.15) is 13.2 Å². The van der Waals surface area contributed by atoms with Gasteiger partial charge in [0.15, 0.2) is 10.1 Å². The van der Waals surface area contributed by atoms with Crippen molar-refractivity contribution >= 4 is 60.2 Å². The topological polar surface area (TPSA) is 62.1 Å². The molecule has 0 radical (unpaired) electrons. The summed E-state index contributed by atoms with van der Waals surface area (Å²) in [7, 11) is -6.09. The summed E-state index contributed by atoms with van der Waals surface area (Å²) < 4.78 is 65.8. The van der Waals surface area contributed by atoms with Gasteiger partial charge in [-0.3, -0.25) is 0 Å². The Morgan fingerprint density at radius 1 is 1.15 bits per heavy atom. The van der Waals surface area contributed by atoms with Crippen LogP contribution in [0.5, 0.6) is 0 Å². The van der Waals surface area contributed by atoms with Gasteiger partial charge in [-0.15, -0.1) is 0 Å². The predicted molar refractivity (Wildman–Crippen MR) is 99.9 cm³/mol. The Kier molecular flexibility index (Phi) is 6.53. The van der Waals surface area contributed by atoms with Crippen LogP contribution in [0.2, 0.25) is 5.82 Å². The van der Waals surface area contributed by atoms with E-state index in [-0.39, 0.29) is 0 Å². The van der Waals surface area contributed by atoms with Crippen molar-refractivity contribution in [2.75, 3.05) is 0 Å². The molecule has 0 saturated carbocycles. The van der Waals surface area contributed by atoms with E-state index in [1.165, 1.54) is 26.5 Å². The molecule has 0 saturated heterocycles. The van der Waals surface area contributed by atoms with Crippen LogP contribution in [0, 0.1) is 13.8 Å². The van der Waals surface area contributed by atoms with E-state index in [4.69, 9.17) is 13.0 Å². The van der Waals surface area contributed by atoms with Crippen molar-refractivity contribution in [3.8, 4) is 5.69 Å². The molecule has 3 aromatic rings. The molecule has 142 valence electrons. The van der Waals surface area contributed by atoms with Gasteiger partial charge in [-0.1, -0.05) is 0 Å². The molecule has 0 unspecified atom stereocenters. The van der Waals surface area contributed by atoms with Crippen molar-refractivity contribution in [1.82, 2.24) is 4.57 Å². The quantitative estimate of drug-likeness (QED) is 0.236. The number of para-hydroxylation sites is 1. The fourth-order valence-corrected chi connectivity index (χ4v) is 6.73. The van der Waals surface area contributed by atoms with Gasteiger partial charge in [0.05, 0.1) is 0 Å². The number of rotatable bonds is 2. The molecular weight excluding hydrogens is 474 g/mol. The molecule has 0 aliphatic heterocycles. The number of halogens is 3. The van der Waals surface area contributed by atoms with Crippen molar-refractivity contribution in [3.05, 3.63) is 41.7 Å². The van der Waals surface area contributed by atoms with Crippen molar-refractivity contribution in [1.29, 1.82) is 0 Å². The second-order valence-corrected chi connectivity index (χ2v) is 11.6. The van der Waals surface area contributed by atoms with Crippen LogP contribution < -0.4 is 3.09 Å². The first-order valence-corrected chi connectivity index (χ1v) is 12.6. The third kappa shape index (κ3) is 4.47. The van der Waals surface area contributed by atoms with Crippen molar-refractivity contribution in [2.45, 2.75) is 25.2 Å². The van der Waals surface area contributed by atoms with Gasteiger partial charge in [-0.25, -0.2) is 8.42 Å². The minimum Gasteiger partial charge on any atom is -0.741 e. The Morgan fingerprint density at radius 3 is 2.12 bits per heavy atom. The fraction of sp³-hybridized carbons (Fsp3) is 0.267. The first-order chi connectivity index (χ1) is 12.0. The number of fused-ring (bicyclic) bond motifs is 1. The van der Waals surface area contributed by atoms with Crippen LogP contribution in [-0.4, -0.2) is 38.0 Å². The van der Waals surface area contributed by atoms with Crippen molar-refractivity contribution in [2.24, 2.45) is 0 Å². The molecule has 0 atom stereocenters. The molecule has 0 amide bonds. The zero-order valence-electron chi connectivity index (χ0n) is 13.8. The molecule has 0 N–H and O–H groups in total. The van der Waals surface area contributed by atoms with E-state index in [2.05, 4.69) is 54.6 Å². The molecule has 2 heterocycles. The minimum absolute atomic E-state index is 0.623. The largest absolute Gasteiger partial charge is 0.741 e. The monoisotopic (exact) mass is 489 g/mol. The second-order valence-electron chi connectivity index (χ2n) is 5.06. The molecule has 0 spiro atoms. The van der Waals surface area contributed by atoms with Crippen LogP contribution in [0.1, 0.15) is 11.4 Å². The van der Waals surface area contributed by atoms with Crippen LogP contribution in [0.25, 0.3) is 15.1 Å². The van der Waals surface area contributed by atoms with E-state index in [1.807, 2.05) is 22.7 Å². The normalized spacial score (nSPS) is 12.1. The summed E-state index contributed by atoms with van der Waals surface area (Å²) in [5.74, 6) is 2.30. The summed E-state index contributed by atoms with van der Waals surface area (Å²) >= 11 is 4.58. The summed E-state index contributed by atoms with van der Waals surface area (Å²) in [6.45, 7) is 4.47. The van der Waals surface area contributed by atoms with Crippen LogP contribution >= 0.6 is 22.7 Å². The van der Waals surface area contributed by atoms with Crippen LogP contribution in [0.3, 0.4) is 0 Å².